The fourth-order valence-electron chi connectivity index (χ4n) is 2.22. The Kier molecular flexibility index (Phi) is 4.32. The fraction of sp³-hybridized carbons (Fsp3) is 0.357. The normalized spacial score (nSPS) is 19.0. The number of halogens is 1. The molecule has 2 rings (SSSR count). The van der Waals surface area contributed by atoms with Crippen molar-refractivity contribution in [3.8, 4) is 5.75 Å². The van der Waals surface area contributed by atoms with Gasteiger partial charge in [0, 0.05) is 0 Å². The summed E-state index contributed by atoms with van der Waals surface area (Å²) in [6.45, 7) is 3.53. The highest BCUT2D eigenvalue weighted by atomic mass is 79.9. The molecule has 112 valence electrons. The lowest BCUT2D eigenvalue weighted by molar-refractivity contribution is -0.136. The highest BCUT2D eigenvalue weighted by molar-refractivity contribution is 9.10. The average molecular weight is 355 g/mol. The largest absolute Gasteiger partial charge is 0.496 e. The SMILES string of the molecule is COc1ccc(N2C(=O)NC(=O)C(C(C)C)C2=O)cc1Br. The predicted octanol–water partition coefficient (Wildman–Crippen LogP) is 2.31. The second-order valence-corrected chi connectivity index (χ2v) is 5.86. The van der Waals surface area contributed by atoms with Gasteiger partial charge in [0.2, 0.25) is 11.8 Å². The summed E-state index contributed by atoms with van der Waals surface area (Å²) in [5, 5.41) is 2.22. The minimum absolute atomic E-state index is 0.199. The van der Waals surface area contributed by atoms with Crippen LogP contribution in [0, 0.1) is 11.8 Å². The number of nitrogens with zero attached hydrogens (tertiary/aromatic N) is 1. The monoisotopic (exact) mass is 354 g/mol. The summed E-state index contributed by atoms with van der Waals surface area (Å²) >= 11 is 3.31. The number of methoxy groups -OCH3 is 1. The van der Waals surface area contributed by atoms with Crippen LogP contribution in [-0.4, -0.2) is 25.0 Å². The van der Waals surface area contributed by atoms with Crippen molar-refractivity contribution in [2.24, 2.45) is 11.8 Å². The van der Waals surface area contributed by atoms with Crippen molar-refractivity contribution < 1.29 is 19.1 Å². The Bertz CT molecular complexity index is 615. The Morgan fingerprint density at radius 1 is 1.29 bits per heavy atom. The standard InChI is InChI=1S/C14H15BrN2O4/c1-7(2)11-12(18)16-14(20)17(13(11)19)8-4-5-10(21-3)9(15)6-8/h4-7,11H,1-3H3,(H,16,18,20). The van der Waals surface area contributed by atoms with Gasteiger partial charge < -0.3 is 4.74 Å². The lowest BCUT2D eigenvalue weighted by Crippen LogP contribution is -2.59. The van der Waals surface area contributed by atoms with Gasteiger partial charge in [0.05, 0.1) is 17.3 Å². The van der Waals surface area contributed by atoms with Crippen LogP contribution in [0.3, 0.4) is 0 Å². The van der Waals surface area contributed by atoms with Crippen molar-refractivity contribution in [1.29, 1.82) is 0 Å². The second-order valence-electron chi connectivity index (χ2n) is 5.01. The molecule has 1 aliphatic heterocycles. The van der Waals surface area contributed by atoms with E-state index in [4.69, 9.17) is 4.74 Å². The van der Waals surface area contributed by atoms with Crippen LogP contribution in [0.4, 0.5) is 10.5 Å². The molecule has 0 aromatic heterocycles. The third-order valence-corrected chi connectivity index (χ3v) is 3.88. The van der Waals surface area contributed by atoms with E-state index >= 15 is 0 Å². The average Bonchev–Trinajstić information content (AvgIpc) is 2.37. The maximum Gasteiger partial charge on any atom is 0.335 e. The number of carbonyl (C=O) groups excluding carboxylic acids is 3. The predicted molar refractivity (Wildman–Crippen MR) is 80.0 cm³/mol. The van der Waals surface area contributed by atoms with Crippen LogP contribution in [0.15, 0.2) is 22.7 Å². The number of anilines is 1. The maximum atomic E-state index is 12.5. The van der Waals surface area contributed by atoms with Crippen LogP contribution in [-0.2, 0) is 9.59 Å². The van der Waals surface area contributed by atoms with Crippen LogP contribution in [0.1, 0.15) is 13.8 Å². The minimum atomic E-state index is -0.872. The van der Waals surface area contributed by atoms with Gasteiger partial charge >= 0.3 is 6.03 Å². The summed E-state index contributed by atoms with van der Waals surface area (Å²) in [5.41, 5.74) is 0.378. The van der Waals surface area contributed by atoms with E-state index in [0.717, 1.165) is 4.90 Å². The summed E-state index contributed by atoms with van der Waals surface area (Å²) < 4.78 is 5.72. The van der Waals surface area contributed by atoms with E-state index in [0.29, 0.717) is 15.9 Å². The molecule has 7 heteroatoms. The van der Waals surface area contributed by atoms with Crippen molar-refractivity contribution in [3.05, 3.63) is 22.7 Å². The molecule has 0 saturated carbocycles. The molecule has 0 radical (unpaired) electrons. The first kappa shape index (κ1) is 15.5. The van der Waals surface area contributed by atoms with Crippen molar-refractivity contribution >= 4 is 39.5 Å². The number of nitrogens with one attached hydrogen (secondary N) is 1. The molecule has 1 fully saturated rings. The van der Waals surface area contributed by atoms with Crippen LogP contribution in [0.2, 0.25) is 0 Å². The van der Waals surface area contributed by atoms with Crippen LogP contribution in [0.25, 0.3) is 0 Å². The van der Waals surface area contributed by atoms with E-state index in [1.54, 1.807) is 32.0 Å². The lowest BCUT2D eigenvalue weighted by atomic mass is 9.92. The zero-order valence-corrected chi connectivity index (χ0v) is 13.4. The van der Waals surface area contributed by atoms with Gasteiger partial charge in [-0.15, -0.1) is 0 Å². The zero-order chi connectivity index (χ0) is 15.7. The number of imide groups is 2. The van der Waals surface area contributed by atoms with Gasteiger partial charge in [-0.3, -0.25) is 14.9 Å². The molecule has 4 amide bonds. The number of hydrogen-bond donors (Lipinski definition) is 1. The molecule has 1 aromatic carbocycles. The van der Waals surface area contributed by atoms with Gasteiger partial charge in [-0.2, -0.15) is 0 Å². The molecule has 1 aliphatic rings. The van der Waals surface area contributed by atoms with Crippen molar-refractivity contribution in [2.45, 2.75) is 13.8 Å². The van der Waals surface area contributed by atoms with Gasteiger partial charge in [-0.1, -0.05) is 13.8 Å². The van der Waals surface area contributed by atoms with Gasteiger partial charge in [0.1, 0.15) is 11.7 Å². The quantitative estimate of drug-likeness (QED) is 0.845. The molecule has 0 aliphatic carbocycles. The van der Waals surface area contributed by atoms with E-state index in [9.17, 15) is 14.4 Å². The summed E-state index contributed by atoms with van der Waals surface area (Å²) in [5.74, 6) is -1.56. The van der Waals surface area contributed by atoms with Crippen LogP contribution >= 0.6 is 15.9 Å². The van der Waals surface area contributed by atoms with Crippen molar-refractivity contribution in [2.75, 3.05) is 12.0 Å². The van der Waals surface area contributed by atoms with Gasteiger partial charge in [-0.05, 0) is 40.0 Å². The molecule has 1 aromatic rings. The van der Waals surface area contributed by atoms with Crippen molar-refractivity contribution in [1.82, 2.24) is 5.32 Å². The van der Waals surface area contributed by atoms with Gasteiger partial charge in [0.15, 0.2) is 0 Å². The summed E-state index contributed by atoms with van der Waals surface area (Å²) in [7, 11) is 1.52. The molecule has 0 bridgehead atoms. The molecule has 6 nitrogen and oxygen atoms in total. The van der Waals surface area contributed by atoms with E-state index in [-0.39, 0.29) is 5.92 Å². The topological polar surface area (TPSA) is 75.7 Å². The minimum Gasteiger partial charge on any atom is -0.496 e. The number of ether oxygens (including phenoxy) is 1. The van der Waals surface area contributed by atoms with Crippen LogP contribution < -0.4 is 15.0 Å². The highest BCUT2D eigenvalue weighted by Crippen LogP contribution is 2.31. The van der Waals surface area contributed by atoms with Gasteiger partial charge in [-0.25, -0.2) is 9.69 Å². The summed E-state index contributed by atoms with van der Waals surface area (Å²) in [4.78, 5) is 37.2. The Labute approximate surface area is 130 Å². The van der Waals surface area contributed by atoms with E-state index in [1.165, 1.54) is 7.11 Å². The third kappa shape index (κ3) is 2.78. The number of hydrogen-bond acceptors (Lipinski definition) is 4. The molecule has 1 N–H and O–H groups in total. The maximum absolute atomic E-state index is 12.5. The van der Waals surface area contributed by atoms with Crippen molar-refractivity contribution in [3.63, 3.8) is 0 Å². The number of amides is 4. The second kappa shape index (κ2) is 5.85. The molecule has 0 spiro atoms. The van der Waals surface area contributed by atoms with Gasteiger partial charge in [0.25, 0.3) is 0 Å². The number of benzene rings is 1. The zero-order valence-electron chi connectivity index (χ0n) is 11.8. The molecule has 1 heterocycles. The molecular weight excluding hydrogens is 340 g/mol. The Balaban J connectivity index is 2.42. The molecule has 21 heavy (non-hydrogen) atoms. The summed E-state index contributed by atoms with van der Waals surface area (Å²) in [6.07, 6.45) is 0. The van der Waals surface area contributed by atoms with E-state index < -0.39 is 23.8 Å². The Hall–Kier alpha value is -1.89. The number of barbiturate groups is 1. The first-order valence-electron chi connectivity index (χ1n) is 6.39. The highest BCUT2D eigenvalue weighted by Gasteiger charge is 2.42. The summed E-state index contributed by atoms with van der Waals surface area (Å²) in [6, 6.07) is 4.09. The Morgan fingerprint density at radius 3 is 2.48 bits per heavy atom. The number of carbonyl (C=O) groups is 3. The van der Waals surface area contributed by atoms with E-state index in [2.05, 4.69) is 21.2 Å². The molecule has 1 atom stereocenters. The van der Waals surface area contributed by atoms with E-state index in [1.807, 2.05) is 0 Å². The third-order valence-electron chi connectivity index (χ3n) is 3.26. The molecular formula is C14H15BrN2O4. The molecule has 1 saturated heterocycles. The first-order valence-corrected chi connectivity index (χ1v) is 7.18. The lowest BCUT2D eigenvalue weighted by Gasteiger charge is -2.32. The first-order chi connectivity index (χ1) is 9.86. The smallest absolute Gasteiger partial charge is 0.335 e. The molecule has 1 unspecified atom stereocenters. The number of urea groups is 1. The Morgan fingerprint density at radius 2 is 1.95 bits per heavy atom. The number of rotatable bonds is 3. The fourth-order valence-corrected chi connectivity index (χ4v) is 2.75. The van der Waals surface area contributed by atoms with Crippen LogP contribution in [0.5, 0.6) is 5.75 Å².